The SMILES string of the molecule is OC(c1cc2cc(Br)cc(Br)c2o1)c1ccc(Cl)cc1Cl. The topological polar surface area (TPSA) is 33.4 Å². The van der Waals surface area contributed by atoms with Crippen molar-refractivity contribution >= 4 is 66.0 Å². The maximum absolute atomic E-state index is 10.5. The van der Waals surface area contributed by atoms with Crippen LogP contribution in [0.25, 0.3) is 11.0 Å². The van der Waals surface area contributed by atoms with Crippen molar-refractivity contribution in [1.29, 1.82) is 0 Å². The molecule has 1 heterocycles. The standard InChI is InChI=1S/C15H8Br2Cl2O2/c16-8-3-7-4-13(21-15(7)11(17)5-8)14(20)10-2-1-9(18)6-12(10)19/h1-6,14,20H. The molecule has 1 N–H and O–H groups in total. The molecule has 0 spiro atoms. The number of halogens is 4. The van der Waals surface area contributed by atoms with E-state index in [0.29, 0.717) is 27.0 Å². The van der Waals surface area contributed by atoms with Gasteiger partial charge in [-0.05, 0) is 46.3 Å². The summed E-state index contributed by atoms with van der Waals surface area (Å²) in [6.45, 7) is 0. The van der Waals surface area contributed by atoms with Crippen molar-refractivity contribution in [2.24, 2.45) is 0 Å². The van der Waals surface area contributed by atoms with Gasteiger partial charge in [0.2, 0.25) is 0 Å². The van der Waals surface area contributed by atoms with Gasteiger partial charge in [-0.2, -0.15) is 0 Å². The molecule has 3 rings (SSSR count). The summed E-state index contributed by atoms with van der Waals surface area (Å²) >= 11 is 18.9. The van der Waals surface area contributed by atoms with Crippen molar-refractivity contribution in [3.05, 3.63) is 66.7 Å². The van der Waals surface area contributed by atoms with Crippen molar-refractivity contribution in [3.8, 4) is 0 Å². The number of aliphatic hydroxyl groups is 1. The molecule has 1 unspecified atom stereocenters. The minimum absolute atomic E-state index is 0.399. The second-order valence-electron chi connectivity index (χ2n) is 4.52. The summed E-state index contributed by atoms with van der Waals surface area (Å²) in [6, 6.07) is 10.6. The van der Waals surface area contributed by atoms with E-state index in [-0.39, 0.29) is 0 Å². The van der Waals surface area contributed by atoms with Gasteiger partial charge in [-0.3, -0.25) is 0 Å². The molecule has 0 radical (unpaired) electrons. The average Bonchev–Trinajstić information content (AvgIpc) is 2.82. The Bertz CT molecular complexity index is 830. The third kappa shape index (κ3) is 3.01. The largest absolute Gasteiger partial charge is 0.457 e. The predicted molar refractivity (Wildman–Crippen MR) is 92.1 cm³/mol. The summed E-state index contributed by atoms with van der Waals surface area (Å²) in [7, 11) is 0. The minimum Gasteiger partial charge on any atom is -0.457 e. The first-order chi connectivity index (χ1) is 9.95. The summed E-state index contributed by atoms with van der Waals surface area (Å²) in [6.07, 6.45) is -0.951. The molecule has 1 atom stereocenters. The van der Waals surface area contributed by atoms with E-state index in [1.807, 2.05) is 12.1 Å². The van der Waals surface area contributed by atoms with Gasteiger partial charge in [0.1, 0.15) is 17.4 Å². The van der Waals surface area contributed by atoms with Gasteiger partial charge in [-0.1, -0.05) is 45.2 Å². The number of furan rings is 1. The summed E-state index contributed by atoms with van der Waals surface area (Å²) in [4.78, 5) is 0. The highest BCUT2D eigenvalue weighted by Crippen LogP contribution is 2.36. The van der Waals surface area contributed by atoms with Crippen LogP contribution in [-0.2, 0) is 0 Å². The molecule has 3 aromatic rings. The molecule has 21 heavy (non-hydrogen) atoms. The highest BCUT2D eigenvalue weighted by Gasteiger charge is 2.19. The van der Waals surface area contributed by atoms with Crippen molar-refractivity contribution in [1.82, 2.24) is 0 Å². The molecule has 0 fully saturated rings. The molecule has 2 aromatic carbocycles. The lowest BCUT2D eigenvalue weighted by Gasteiger charge is -2.10. The molecule has 0 bridgehead atoms. The molecular formula is C15H8Br2Cl2O2. The van der Waals surface area contributed by atoms with Crippen molar-refractivity contribution in [2.45, 2.75) is 6.10 Å². The highest BCUT2D eigenvalue weighted by atomic mass is 79.9. The Morgan fingerprint density at radius 1 is 1.05 bits per heavy atom. The fourth-order valence-corrected chi connectivity index (χ4v) is 3.96. The molecule has 108 valence electrons. The van der Waals surface area contributed by atoms with Crippen LogP contribution in [-0.4, -0.2) is 5.11 Å². The maximum Gasteiger partial charge on any atom is 0.148 e. The van der Waals surface area contributed by atoms with Gasteiger partial charge in [-0.25, -0.2) is 0 Å². The third-order valence-corrected chi connectivity index (χ3v) is 4.69. The quantitative estimate of drug-likeness (QED) is 0.493. The Kier molecular flexibility index (Phi) is 4.35. The zero-order valence-electron chi connectivity index (χ0n) is 10.4. The molecule has 0 aliphatic carbocycles. The van der Waals surface area contributed by atoms with Crippen LogP contribution in [0.2, 0.25) is 10.0 Å². The van der Waals surface area contributed by atoms with Gasteiger partial charge < -0.3 is 9.52 Å². The molecule has 2 nitrogen and oxygen atoms in total. The van der Waals surface area contributed by atoms with Crippen LogP contribution in [0.15, 0.2) is 49.8 Å². The van der Waals surface area contributed by atoms with Crippen molar-refractivity contribution in [3.63, 3.8) is 0 Å². The number of hydrogen-bond acceptors (Lipinski definition) is 2. The molecule has 6 heteroatoms. The highest BCUT2D eigenvalue weighted by molar-refractivity contribution is 9.11. The molecule has 0 aliphatic heterocycles. The first kappa shape index (κ1) is 15.4. The Hall–Kier alpha value is -0.520. The van der Waals surface area contributed by atoms with E-state index in [1.54, 1.807) is 24.3 Å². The number of rotatable bonds is 2. The van der Waals surface area contributed by atoms with E-state index in [2.05, 4.69) is 31.9 Å². The first-order valence-corrected chi connectivity index (χ1v) is 8.31. The Labute approximate surface area is 147 Å². The van der Waals surface area contributed by atoms with Crippen LogP contribution in [0.4, 0.5) is 0 Å². The zero-order valence-corrected chi connectivity index (χ0v) is 15.1. The Morgan fingerprint density at radius 3 is 2.52 bits per heavy atom. The number of fused-ring (bicyclic) bond motifs is 1. The Morgan fingerprint density at radius 2 is 1.81 bits per heavy atom. The lowest BCUT2D eigenvalue weighted by molar-refractivity contribution is 0.192. The first-order valence-electron chi connectivity index (χ1n) is 5.97. The molecular weight excluding hydrogens is 443 g/mol. The fraction of sp³-hybridized carbons (Fsp3) is 0.0667. The van der Waals surface area contributed by atoms with Crippen LogP contribution in [0, 0.1) is 0 Å². The molecule has 0 saturated heterocycles. The van der Waals surface area contributed by atoms with E-state index in [9.17, 15) is 5.11 Å². The summed E-state index contributed by atoms with van der Waals surface area (Å²) in [5, 5.41) is 12.3. The summed E-state index contributed by atoms with van der Waals surface area (Å²) in [5.41, 5.74) is 1.23. The van der Waals surface area contributed by atoms with Gasteiger partial charge in [0.25, 0.3) is 0 Å². The van der Waals surface area contributed by atoms with Crippen LogP contribution in [0.3, 0.4) is 0 Å². The monoisotopic (exact) mass is 448 g/mol. The smallest absolute Gasteiger partial charge is 0.148 e. The predicted octanol–water partition coefficient (Wildman–Crippen LogP) is 6.35. The second-order valence-corrected chi connectivity index (χ2v) is 7.14. The van der Waals surface area contributed by atoms with Crippen LogP contribution < -0.4 is 0 Å². The van der Waals surface area contributed by atoms with E-state index in [4.69, 9.17) is 27.6 Å². The van der Waals surface area contributed by atoms with Crippen molar-refractivity contribution < 1.29 is 9.52 Å². The summed E-state index contributed by atoms with van der Waals surface area (Å²) in [5.74, 6) is 0.424. The number of hydrogen-bond donors (Lipinski definition) is 1. The average molecular weight is 451 g/mol. The van der Waals surface area contributed by atoms with Gasteiger partial charge in [0.15, 0.2) is 0 Å². The molecule has 1 aromatic heterocycles. The maximum atomic E-state index is 10.5. The second kappa shape index (κ2) is 5.94. The summed E-state index contributed by atoms with van der Waals surface area (Å²) < 4.78 is 7.48. The minimum atomic E-state index is -0.951. The Balaban J connectivity index is 2.09. The van der Waals surface area contributed by atoms with Gasteiger partial charge >= 0.3 is 0 Å². The van der Waals surface area contributed by atoms with E-state index in [1.165, 1.54) is 0 Å². The van der Waals surface area contributed by atoms with E-state index < -0.39 is 6.10 Å². The number of aliphatic hydroxyl groups excluding tert-OH is 1. The van der Waals surface area contributed by atoms with Gasteiger partial charge in [0.05, 0.1) is 4.47 Å². The lowest BCUT2D eigenvalue weighted by atomic mass is 10.1. The lowest BCUT2D eigenvalue weighted by Crippen LogP contribution is -1.98. The number of benzene rings is 2. The van der Waals surface area contributed by atoms with Crippen molar-refractivity contribution in [2.75, 3.05) is 0 Å². The van der Waals surface area contributed by atoms with Crippen LogP contribution in [0.1, 0.15) is 17.4 Å². The third-order valence-electron chi connectivity index (χ3n) is 3.08. The zero-order chi connectivity index (χ0) is 15.1. The molecule has 0 saturated carbocycles. The fourth-order valence-electron chi connectivity index (χ4n) is 2.11. The van der Waals surface area contributed by atoms with E-state index >= 15 is 0 Å². The molecule has 0 amide bonds. The van der Waals surface area contributed by atoms with E-state index in [0.717, 1.165) is 14.3 Å². The normalized spacial score (nSPS) is 12.8. The van der Waals surface area contributed by atoms with Crippen LogP contribution >= 0.6 is 55.1 Å². The van der Waals surface area contributed by atoms with Gasteiger partial charge in [0, 0.05) is 25.5 Å². The van der Waals surface area contributed by atoms with Crippen LogP contribution in [0.5, 0.6) is 0 Å². The van der Waals surface area contributed by atoms with Gasteiger partial charge in [-0.15, -0.1) is 0 Å². The molecule has 0 aliphatic rings.